The Kier molecular flexibility index (Phi) is 4.92. The van der Waals surface area contributed by atoms with E-state index >= 15 is 0 Å². The summed E-state index contributed by atoms with van der Waals surface area (Å²) in [6, 6.07) is 8.86. The molecule has 4 heteroatoms. The fourth-order valence-corrected chi connectivity index (χ4v) is 1.30. The fourth-order valence-electron chi connectivity index (χ4n) is 1.30. The van der Waals surface area contributed by atoms with Crippen LogP contribution in [0.4, 0.5) is 13.2 Å². The molecule has 0 heterocycles. The summed E-state index contributed by atoms with van der Waals surface area (Å²) in [5.74, 6) is 0. The normalized spacial score (nSPS) is 14.1. The molecule has 0 aromatic heterocycles. The van der Waals surface area contributed by atoms with Crippen LogP contribution < -0.4 is 0 Å². The molecule has 0 saturated heterocycles. The Morgan fingerprint density at radius 2 is 1.68 bits per heavy atom. The van der Waals surface area contributed by atoms with Gasteiger partial charge in [0.25, 0.3) is 0 Å². The number of alkyl halides is 3. The third kappa shape index (κ3) is 6.22. The quantitative estimate of drug-likeness (QED) is 0.702. The van der Waals surface area contributed by atoms with Crippen LogP contribution in [0.1, 0.15) is 26.3 Å². The number of benzene rings is 1. The Balaban J connectivity index is 2.91. The number of hydrogen-bond acceptors (Lipinski definition) is 1. The first kappa shape index (κ1) is 15.5. The van der Waals surface area contributed by atoms with Crippen molar-refractivity contribution in [3.05, 3.63) is 42.0 Å². The topological polar surface area (TPSA) is 12.4 Å². The third-order valence-corrected chi connectivity index (χ3v) is 2.25. The van der Waals surface area contributed by atoms with Crippen molar-refractivity contribution in [1.82, 2.24) is 0 Å². The highest BCUT2D eigenvalue weighted by atomic mass is 19.4. The molecule has 1 aromatic carbocycles. The number of nitrogens with zero attached hydrogens (tertiary/aromatic N) is 1. The second-order valence-electron chi connectivity index (χ2n) is 5.50. The maximum atomic E-state index is 12.8. The molecule has 1 rings (SSSR count). The Hall–Kier alpha value is -1.58. The van der Waals surface area contributed by atoms with Crippen LogP contribution in [-0.2, 0) is 0 Å². The van der Waals surface area contributed by atoms with Crippen LogP contribution in [0.2, 0.25) is 0 Å². The van der Waals surface area contributed by atoms with Crippen molar-refractivity contribution in [2.24, 2.45) is 10.4 Å². The average molecular weight is 269 g/mol. The molecule has 0 fully saturated rings. The zero-order valence-electron chi connectivity index (χ0n) is 11.3. The van der Waals surface area contributed by atoms with Gasteiger partial charge in [-0.1, -0.05) is 57.2 Å². The molecule has 104 valence electrons. The third-order valence-electron chi connectivity index (χ3n) is 2.25. The largest absolute Gasteiger partial charge is 0.432 e. The molecule has 0 radical (unpaired) electrons. The summed E-state index contributed by atoms with van der Waals surface area (Å²) >= 11 is 0. The Labute approximate surface area is 111 Å². The minimum absolute atomic E-state index is 0.140. The number of halogens is 3. The van der Waals surface area contributed by atoms with E-state index in [0.717, 1.165) is 11.6 Å². The van der Waals surface area contributed by atoms with Gasteiger partial charge in [-0.25, -0.2) is 0 Å². The lowest BCUT2D eigenvalue weighted by Gasteiger charge is -2.16. The minimum atomic E-state index is -4.42. The number of allylic oxidation sites excluding steroid dienone is 1. The van der Waals surface area contributed by atoms with Gasteiger partial charge in [0.1, 0.15) is 5.71 Å². The SMILES string of the molecule is CC(C)(C)C/N=C(/C=C/c1ccccc1)C(F)(F)F. The molecule has 0 amide bonds. The lowest BCUT2D eigenvalue weighted by molar-refractivity contribution is -0.0579. The smallest absolute Gasteiger partial charge is 0.280 e. The van der Waals surface area contributed by atoms with Crippen molar-refractivity contribution in [2.45, 2.75) is 26.9 Å². The maximum absolute atomic E-state index is 12.8. The Morgan fingerprint density at radius 1 is 1.11 bits per heavy atom. The van der Waals surface area contributed by atoms with E-state index in [9.17, 15) is 13.2 Å². The Morgan fingerprint density at radius 3 is 2.16 bits per heavy atom. The predicted octanol–water partition coefficient (Wildman–Crippen LogP) is 4.75. The summed E-state index contributed by atoms with van der Waals surface area (Å²) in [6.45, 7) is 5.70. The molecular formula is C15H18F3N. The van der Waals surface area contributed by atoms with Gasteiger partial charge in [-0.05, 0) is 17.1 Å². The van der Waals surface area contributed by atoms with E-state index in [4.69, 9.17) is 0 Å². The van der Waals surface area contributed by atoms with Gasteiger partial charge >= 0.3 is 6.18 Å². The van der Waals surface area contributed by atoms with Gasteiger partial charge in [0.2, 0.25) is 0 Å². The molecule has 0 aliphatic rings. The van der Waals surface area contributed by atoms with Crippen LogP contribution in [0.3, 0.4) is 0 Å². The summed E-state index contributed by atoms with van der Waals surface area (Å²) in [5, 5.41) is 0. The fraction of sp³-hybridized carbons (Fsp3) is 0.400. The molecule has 19 heavy (non-hydrogen) atoms. The van der Waals surface area contributed by atoms with E-state index in [1.165, 1.54) is 6.08 Å². The van der Waals surface area contributed by atoms with Crippen molar-refractivity contribution < 1.29 is 13.2 Å². The highest BCUT2D eigenvalue weighted by Gasteiger charge is 2.33. The summed E-state index contributed by atoms with van der Waals surface area (Å²) < 4.78 is 38.4. The monoisotopic (exact) mass is 269 g/mol. The van der Waals surface area contributed by atoms with Crippen LogP contribution in [0.15, 0.2) is 41.4 Å². The van der Waals surface area contributed by atoms with Crippen LogP contribution in [-0.4, -0.2) is 18.4 Å². The van der Waals surface area contributed by atoms with Crippen molar-refractivity contribution in [3.63, 3.8) is 0 Å². The van der Waals surface area contributed by atoms with Crippen LogP contribution in [0.5, 0.6) is 0 Å². The summed E-state index contributed by atoms with van der Waals surface area (Å²) in [5.41, 5.74) is -0.390. The number of aliphatic imine (C=N–C) groups is 1. The molecule has 0 aliphatic heterocycles. The molecule has 0 aliphatic carbocycles. The zero-order chi connectivity index (χ0) is 14.5. The first-order valence-electron chi connectivity index (χ1n) is 6.03. The zero-order valence-corrected chi connectivity index (χ0v) is 11.3. The number of rotatable bonds is 3. The van der Waals surface area contributed by atoms with E-state index in [0.29, 0.717) is 0 Å². The lowest BCUT2D eigenvalue weighted by atomic mass is 9.97. The van der Waals surface area contributed by atoms with Gasteiger partial charge in [-0.3, -0.25) is 4.99 Å². The van der Waals surface area contributed by atoms with Crippen molar-refractivity contribution in [2.75, 3.05) is 6.54 Å². The predicted molar refractivity (Wildman–Crippen MR) is 73.3 cm³/mol. The van der Waals surface area contributed by atoms with Crippen molar-refractivity contribution >= 4 is 11.8 Å². The molecule has 0 saturated carbocycles. The summed E-state index contributed by atoms with van der Waals surface area (Å²) in [6.07, 6.45) is -1.97. The van der Waals surface area contributed by atoms with E-state index in [1.54, 1.807) is 24.3 Å². The average Bonchev–Trinajstić information content (AvgIpc) is 2.27. The molecular weight excluding hydrogens is 251 g/mol. The van der Waals surface area contributed by atoms with Gasteiger partial charge in [0, 0.05) is 6.54 Å². The van der Waals surface area contributed by atoms with Crippen molar-refractivity contribution in [3.8, 4) is 0 Å². The van der Waals surface area contributed by atoms with E-state index in [2.05, 4.69) is 4.99 Å². The van der Waals surface area contributed by atoms with Gasteiger partial charge in [0.15, 0.2) is 0 Å². The maximum Gasteiger partial charge on any atom is 0.432 e. The molecule has 0 atom stereocenters. The molecule has 1 aromatic rings. The summed E-state index contributed by atoms with van der Waals surface area (Å²) in [4.78, 5) is 3.69. The van der Waals surface area contributed by atoms with Gasteiger partial charge in [0.05, 0.1) is 0 Å². The standard InChI is InChI=1S/C15H18F3N/c1-14(2,3)11-19-13(15(16,17)18)10-9-12-7-5-4-6-8-12/h4-10H,11H2,1-3H3/b10-9+,19-13-. The van der Waals surface area contributed by atoms with E-state index in [-0.39, 0.29) is 12.0 Å². The van der Waals surface area contributed by atoms with Crippen LogP contribution in [0, 0.1) is 5.41 Å². The highest BCUT2D eigenvalue weighted by molar-refractivity contribution is 6.02. The lowest BCUT2D eigenvalue weighted by Crippen LogP contribution is -2.23. The first-order valence-corrected chi connectivity index (χ1v) is 6.03. The van der Waals surface area contributed by atoms with E-state index in [1.807, 2.05) is 26.8 Å². The first-order chi connectivity index (χ1) is 8.68. The molecule has 0 unspecified atom stereocenters. The summed E-state index contributed by atoms with van der Waals surface area (Å²) in [7, 11) is 0. The second-order valence-corrected chi connectivity index (χ2v) is 5.50. The Bertz CT molecular complexity index is 451. The molecule has 0 spiro atoms. The minimum Gasteiger partial charge on any atom is -0.280 e. The molecule has 1 nitrogen and oxygen atoms in total. The van der Waals surface area contributed by atoms with Gasteiger partial charge in [-0.15, -0.1) is 0 Å². The van der Waals surface area contributed by atoms with Crippen LogP contribution >= 0.6 is 0 Å². The molecule has 0 bridgehead atoms. The molecule has 0 N–H and O–H groups in total. The number of hydrogen-bond donors (Lipinski definition) is 0. The van der Waals surface area contributed by atoms with Gasteiger partial charge < -0.3 is 0 Å². The van der Waals surface area contributed by atoms with Gasteiger partial charge in [-0.2, -0.15) is 13.2 Å². The van der Waals surface area contributed by atoms with E-state index < -0.39 is 11.9 Å². The van der Waals surface area contributed by atoms with Crippen molar-refractivity contribution in [1.29, 1.82) is 0 Å². The van der Waals surface area contributed by atoms with Crippen LogP contribution in [0.25, 0.3) is 6.08 Å². The highest BCUT2D eigenvalue weighted by Crippen LogP contribution is 2.21. The second kappa shape index (κ2) is 6.04.